The number of nitro benzene ring substituents is 1. The summed E-state index contributed by atoms with van der Waals surface area (Å²) in [4.78, 5) is 43.1. The van der Waals surface area contributed by atoms with E-state index in [1.165, 1.54) is 29.9 Å². The van der Waals surface area contributed by atoms with Gasteiger partial charge in [0.15, 0.2) is 4.80 Å². The van der Waals surface area contributed by atoms with Crippen LogP contribution in [0.3, 0.4) is 0 Å². The van der Waals surface area contributed by atoms with Crippen LogP contribution in [0.15, 0.2) is 80.1 Å². The summed E-state index contributed by atoms with van der Waals surface area (Å²) in [5.74, 6) is 0.312. The summed E-state index contributed by atoms with van der Waals surface area (Å²) in [6.07, 6.45) is 1.16. The van der Waals surface area contributed by atoms with Crippen LogP contribution in [0, 0.1) is 10.1 Å². The number of methoxy groups -OCH3 is 1. The summed E-state index contributed by atoms with van der Waals surface area (Å²) in [7, 11) is 1.42. The maximum Gasteiger partial charge on any atom is 0.338 e. The number of hydrogen-bond donors (Lipinski definition) is 0. The molecule has 0 spiro atoms. The van der Waals surface area contributed by atoms with Crippen LogP contribution in [-0.2, 0) is 9.53 Å². The summed E-state index contributed by atoms with van der Waals surface area (Å²) < 4.78 is 18.2. The van der Waals surface area contributed by atoms with Crippen LogP contribution < -0.4 is 19.6 Å². The van der Waals surface area contributed by atoms with Crippen LogP contribution in [0.1, 0.15) is 38.1 Å². The number of aromatic nitrogens is 1. The van der Waals surface area contributed by atoms with E-state index < -0.39 is 22.5 Å². The van der Waals surface area contributed by atoms with Crippen LogP contribution in [0.2, 0.25) is 5.02 Å². The standard InChI is InChI=1S/C29H24ClN3O7S/c1-15(2)39-28(35)25-16(3)31-29-32(26(25)19-7-5-6-8-21(19)30)27(34)24(41-29)14-18-10-12-23(40-18)20-11-9-17(38-4)13-22(20)33(36)37/h5-15,26H,1-4H3. The van der Waals surface area contributed by atoms with Crippen molar-refractivity contribution < 1.29 is 23.6 Å². The molecule has 2 aromatic heterocycles. The van der Waals surface area contributed by atoms with Crippen molar-refractivity contribution in [2.75, 3.05) is 7.11 Å². The number of ether oxygens (including phenoxy) is 2. The van der Waals surface area contributed by atoms with Crippen molar-refractivity contribution in [2.24, 2.45) is 4.99 Å². The number of furan rings is 1. The van der Waals surface area contributed by atoms with E-state index in [0.29, 0.717) is 32.6 Å². The number of thiazole rings is 1. The van der Waals surface area contributed by atoms with Gasteiger partial charge in [0.25, 0.3) is 11.2 Å². The third-order valence-corrected chi connectivity index (χ3v) is 7.68. The van der Waals surface area contributed by atoms with Crippen molar-refractivity contribution in [1.29, 1.82) is 0 Å². The minimum Gasteiger partial charge on any atom is -0.497 e. The number of fused-ring (bicyclic) bond motifs is 1. The molecule has 4 aromatic rings. The molecule has 0 amide bonds. The number of nitro groups is 1. The minimum absolute atomic E-state index is 0.180. The van der Waals surface area contributed by atoms with Crippen molar-refractivity contribution >= 4 is 40.7 Å². The normalized spacial score (nSPS) is 15.1. The SMILES string of the molecule is COc1ccc(-c2ccc(C=c3sc4n(c3=O)C(c3ccccc3Cl)C(C(=O)OC(C)C)=C(C)N=4)o2)c([N+](=O)[O-])c1. The maximum absolute atomic E-state index is 13.8. The van der Waals surface area contributed by atoms with Crippen LogP contribution in [0.4, 0.5) is 5.69 Å². The van der Waals surface area contributed by atoms with Gasteiger partial charge in [-0.15, -0.1) is 0 Å². The topological polar surface area (TPSA) is 126 Å². The fourth-order valence-electron chi connectivity index (χ4n) is 4.55. The molecule has 0 fully saturated rings. The highest BCUT2D eigenvalue weighted by Gasteiger charge is 2.35. The number of nitrogens with zero attached hydrogens (tertiary/aromatic N) is 3. The van der Waals surface area contributed by atoms with Gasteiger partial charge < -0.3 is 13.9 Å². The van der Waals surface area contributed by atoms with Crippen LogP contribution in [0.5, 0.6) is 5.75 Å². The molecule has 12 heteroatoms. The molecule has 5 rings (SSSR count). The van der Waals surface area contributed by atoms with E-state index in [-0.39, 0.29) is 33.2 Å². The molecule has 0 saturated carbocycles. The molecule has 1 atom stereocenters. The molecule has 210 valence electrons. The van der Waals surface area contributed by atoms with E-state index in [2.05, 4.69) is 4.99 Å². The number of allylic oxidation sites excluding steroid dienone is 1. The molecule has 0 radical (unpaired) electrons. The highest BCUT2D eigenvalue weighted by atomic mass is 35.5. The van der Waals surface area contributed by atoms with Gasteiger partial charge >= 0.3 is 5.97 Å². The largest absolute Gasteiger partial charge is 0.497 e. The Labute approximate surface area is 242 Å². The van der Waals surface area contributed by atoms with E-state index in [0.717, 1.165) is 11.3 Å². The highest BCUT2D eigenvalue weighted by molar-refractivity contribution is 7.07. The third kappa shape index (κ3) is 5.33. The molecule has 0 bridgehead atoms. The zero-order chi connectivity index (χ0) is 29.4. The van der Waals surface area contributed by atoms with Crippen molar-refractivity contribution in [2.45, 2.75) is 32.9 Å². The van der Waals surface area contributed by atoms with Gasteiger partial charge in [-0.2, -0.15) is 0 Å². The lowest BCUT2D eigenvalue weighted by Gasteiger charge is -2.26. The predicted octanol–water partition coefficient (Wildman–Crippen LogP) is 5.02. The van der Waals surface area contributed by atoms with Crippen LogP contribution in [-0.4, -0.2) is 28.7 Å². The Kier molecular flexibility index (Phi) is 7.65. The van der Waals surface area contributed by atoms with E-state index >= 15 is 0 Å². The fourth-order valence-corrected chi connectivity index (χ4v) is 5.82. The Morgan fingerprint density at radius 2 is 1.98 bits per heavy atom. The number of carbonyl (C=O) groups is 1. The van der Waals surface area contributed by atoms with Gasteiger partial charge in [0.1, 0.15) is 23.3 Å². The molecule has 3 heterocycles. The average Bonchev–Trinajstić information content (AvgIpc) is 3.51. The van der Waals surface area contributed by atoms with Gasteiger partial charge in [-0.1, -0.05) is 41.1 Å². The Balaban J connectivity index is 1.63. The monoisotopic (exact) mass is 593 g/mol. The summed E-state index contributed by atoms with van der Waals surface area (Å²) in [5, 5.41) is 12.0. The molecular formula is C29H24ClN3O7S. The fraction of sp³-hybridized carbons (Fsp3) is 0.207. The molecule has 10 nitrogen and oxygen atoms in total. The molecule has 1 aliphatic heterocycles. The molecular weight excluding hydrogens is 570 g/mol. The first-order chi connectivity index (χ1) is 19.6. The number of carbonyl (C=O) groups excluding carboxylic acids is 1. The molecule has 0 aliphatic carbocycles. The first kappa shape index (κ1) is 28.1. The van der Waals surface area contributed by atoms with Crippen molar-refractivity contribution in [3.8, 4) is 17.1 Å². The lowest BCUT2D eigenvalue weighted by molar-refractivity contribution is -0.384. The lowest BCUT2D eigenvalue weighted by Crippen LogP contribution is -2.40. The van der Waals surface area contributed by atoms with Crippen molar-refractivity contribution in [3.63, 3.8) is 0 Å². The average molecular weight is 594 g/mol. The van der Waals surface area contributed by atoms with E-state index in [1.807, 2.05) is 0 Å². The zero-order valence-corrected chi connectivity index (χ0v) is 24.0. The molecule has 1 aliphatic rings. The summed E-state index contributed by atoms with van der Waals surface area (Å²) in [6, 6.07) is 13.8. The second-order valence-corrected chi connectivity index (χ2v) is 10.8. The van der Waals surface area contributed by atoms with Gasteiger partial charge in [-0.3, -0.25) is 19.5 Å². The number of benzene rings is 2. The Morgan fingerprint density at radius 3 is 2.66 bits per heavy atom. The highest BCUT2D eigenvalue weighted by Crippen LogP contribution is 2.36. The van der Waals surface area contributed by atoms with Gasteiger partial charge in [0.05, 0.1) is 45.6 Å². The quantitative estimate of drug-likeness (QED) is 0.167. The number of halogens is 1. The Bertz CT molecular complexity index is 1900. The van der Waals surface area contributed by atoms with E-state index in [9.17, 15) is 19.7 Å². The number of esters is 1. The van der Waals surface area contributed by atoms with E-state index in [1.54, 1.807) is 63.2 Å². The van der Waals surface area contributed by atoms with Crippen LogP contribution >= 0.6 is 22.9 Å². The predicted molar refractivity (Wildman–Crippen MR) is 154 cm³/mol. The molecule has 41 heavy (non-hydrogen) atoms. The summed E-state index contributed by atoms with van der Waals surface area (Å²) in [6.45, 7) is 5.18. The van der Waals surface area contributed by atoms with Gasteiger partial charge in [0, 0.05) is 11.1 Å². The number of hydrogen-bond acceptors (Lipinski definition) is 9. The summed E-state index contributed by atoms with van der Waals surface area (Å²) >= 11 is 7.68. The van der Waals surface area contributed by atoms with Crippen molar-refractivity contribution in [1.82, 2.24) is 4.57 Å². The van der Waals surface area contributed by atoms with Crippen molar-refractivity contribution in [3.05, 3.63) is 112 Å². The van der Waals surface area contributed by atoms with Crippen LogP contribution in [0.25, 0.3) is 17.4 Å². The van der Waals surface area contributed by atoms with Gasteiger partial charge in [-0.05, 0) is 56.7 Å². The first-order valence-electron chi connectivity index (χ1n) is 12.5. The van der Waals surface area contributed by atoms with Gasteiger partial charge in [0.2, 0.25) is 0 Å². The smallest absolute Gasteiger partial charge is 0.338 e. The summed E-state index contributed by atoms with van der Waals surface area (Å²) in [5.41, 5.74) is 0.867. The first-order valence-corrected chi connectivity index (χ1v) is 13.7. The molecule has 0 N–H and O–H groups in total. The zero-order valence-electron chi connectivity index (χ0n) is 22.4. The second kappa shape index (κ2) is 11.2. The molecule has 0 saturated heterocycles. The molecule has 1 unspecified atom stereocenters. The molecule has 2 aromatic carbocycles. The Morgan fingerprint density at radius 1 is 1.22 bits per heavy atom. The minimum atomic E-state index is -0.859. The third-order valence-electron chi connectivity index (χ3n) is 6.35. The van der Waals surface area contributed by atoms with E-state index in [4.69, 9.17) is 25.5 Å². The second-order valence-electron chi connectivity index (χ2n) is 9.40. The number of rotatable bonds is 7. The maximum atomic E-state index is 13.8. The van der Waals surface area contributed by atoms with Gasteiger partial charge in [-0.25, -0.2) is 9.79 Å². The lowest BCUT2D eigenvalue weighted by atomic mass is 9.96. The Hall–Kier alpha value is -4.48.